The molecule has 0 radical (unpaired) electrons. The molecule has 23 heavy (non-hydrogen) atoms. The van der Waals surface area contributed by atoms with Crippen molar-refractivity contribution in [3.05, 3.63) is 28.8 Å². The predicted octanol–water partition coefficient (Wildman–Crippen LogP) is 2.39. The molecule has 0 saturated heterocycles. The number of ether oxygens (including phenoxy) is 1. The normalized spacial score (nSPS) is 12.2. The van der Waals surface area contributed by atoms with Gasteiger partial charge in [-0.05, 0) is 33.3 Å². The number of H-pyrrole nitrogens is 1. The molecule has 2 aromatic rings. The van der Waals surface area contributed by atoms with Crippen molar-refractivity contribution in [2.45, 2.75) is 44.6 Å². The van der Waals surface area contributed by atoms with Gasteiger partial charge in [0.15, 0.2) is 10.9 Å². The van der Waals surface area contributed by atoms with Gasteiger partial charge in [0, 0.05) is 12.2 Å². The summed E-state index contributed by atoms with van der Waals surface area (Å²) in [6.07, 6.45) is 1.64. The molecule has 0 aliphatic carbocycles. The van der Waals surface area contributed by atoms with E-state index in [1.54, 1.807) is 20.2 Å². The largest absolute Gasteiger partial charge is 0.465 e. The van der Waals surface area contributed by atoms with E-state index in [4.69, 9.17) is 4.74 Å². The number of hydrogen-bond acceptors (Lipinski definition) is 6. The van der Waals surface area contributed by atoms with Crippen LogP contribution >= 0.6 is 11.8 Å². The molecule has 0 saturated carbocycles. The molecule has 2 aromatic heterocycles. The summed E-state index contributed by atoms with van der Waals surface area (Å²) in [7, 11) is 1.33. The number of methoxy groups -OCH3 is 1. The number of thioether (sulfide) groups is 1. The first-order valence-corrected chi connectivity index (χ1v) is 8.14. The molecule has 0 fully saturated rings. The zero-order valence-electron chi connectivity index (χ0n) is 13.8. The van der Waals surface area contributed by atoms with E-state index in [0.717, 1.165) is 6.54 Å². The predicted molar refractivity (Wildman–Crippen MR) is 87.0 cm³/mol. The number of nitrogens with zero attached hydrogens (tertiary/aromatic N) is 3. The van der Waals surface area contributed by atoms with Crippen molar-refractivity contribution < 1.29 is 14.3 Å². The second-order valence-electron chi connectivity index (χ2n) is 5.14. The van der Waals surface area contributed by atoms with E-state index >= 15 is 0 Å². The molecule has 0 aromatic carbocycles. The van der Waals surface area contributed by atoms with Crippen LogP contribution in [-0.4, -0.2) is 43.9 Å². The van der Waals surface area contributed by atoms with E-state index in [1.807, 2.05) is 18.4 Å². The van der Waals surface area contributed by atoms with E-state index < -0.39 is 5.97 Å². The van der Waals surface area contributed by atoms with E-state index in [1.165, 1.54) is 18.9 Å². The van der Waals surface area contributed by atoms with Crippen LogP contribution in [0, 0.1) is 13.8 Å². The van der Waals surface area contributed by atoms with Crippen LogP contribution in [0.4, 0.5) is 0 Å². The van der Waals surface area contributed by atoms with Gasteiger partial charge in [-0.15, -0.1) is 10.2 Å². The van der Waals surface area contributed by atoms with Gasteiger partial charge in [-0.25, -0.2) is 4.79 Å². The fourth-order valence-electron chi connectivity index (χ4n) is 2.37. The third-order valence-electron chi connectivity index (χ3n) is 3.65. The molecule has 1 atom stereocenters. The summed E-state index contributed by atoms with van der Waals surface area (Å²) >= 11 is 1.35. The number of rotatable bonds is 6. The molecule has 0 bridgehead atoms. The van der Waals surface area contributed by atoms with Gasteiger partial charge in [0.2, 0.25) is 0 Å². The highest BCUT2D eigenvalue weighted by Crippen LogP contribution is 2.26. The molecule has 8 heteroatoms. The average molecular weight is 336 g/mol. The van der Waals surface area contributed by atoms with Crippen molar-refractivity contribution in [1.29, 1.82) is 0 Å². The first-order valence-electron chi connectivity index (χ1n) is 7.26. The Kier molecular flexibility index (Phi) is 5.25. The number of Topliss-reactive ketones (excluding diaryl/α,β-unsaturated/α-hetero) is 1. The first kappa shape index (κ1) is 17.3. The van der Waals surface area contributed by atoms with Crippen molar-refractivity contribution >= 4 is 23.5 Å². The zero-order valence-corrected chi connectivity index (χ0v) is 14.7. The second kappa shape index (κ2) is 6.99. The van der Waals surface area contributed by atoms with E-state index in [9.17, 15) is 9.59 Å². The molecule has 0 aliphatic rings. The van der Waals surface area contributed by atoms with Gasteiger partial charge in [-0.2, -0.15) is 0 Å². The van der Waals surface area contributed by atoms with Crippen molar-refractivity contribution in [2.24, 2.45) is 0 Å². The zero-order chi connectivity index (χ0) is 17.1. The van der Waals surface area contributed by atoms with Crippen molar-refractivity contribution in [1.82, 2.24) is 19.7 Å². The Hall–Kier alpha value is -2.09. The minimum Gasteiger partial charge on any atom is -0.465 e. The Bertz CT molecular complexity index is 735. The Morgan fingerprint density at radius 1 is 1.43 bits per heavy atom. The average Bonchev–Trinajstić information content (AvgIpc) is 3.09. The smallest absolute Gasteiger partial charge is 0.339 e. The van der Waals surface area contributed by atoms with Crippen molar-refractivity contribution in [3.63, 3.8) is 0 Å². The highest BCUT2D eigenvalue weighted by molar-refractivity contribution is 8.00. The lowest BCUT2D eigenvalue weighted by molar-refractivity contribution is 0.0599. The van der Waals surface area contributed by atoms with Crippen LogP contribution in [0.3, 0.4) is 0 Å². The molecule has 0 amide bonds. The van der Waals surface area contributed by atoms with E-state index in [2.05, 4.69) is 15.2 Å². The Morgan fingerprint density at radius 2 is 2.13 bits per heavy atom. The standard InChI is InChI=1S/C15H20N4O3S/c1-6-19-7-16-18-15(19)23-10(4)13(20)12-8(2)11(9(3)17-12)14(21)22-5/h7,10,17H,6H2,1-5H3. The van der Waals surface area contributed by atoms with Crippen LogP contribution in [0.2, 0.25) is 0 Å². The number of aromatic nitrogens is 4. The topological polar surface area (TPSA) is 89.9 Å². The molecule has 2 heterocycles. The van der Waals surface area contributed by atoms with E-state index in [0.29, 0.717) is 27.7 Å². The van der Waals surface area contributed by atoms with Crippen LogP contribution in [0.5, 0.6) is 0 Å². The number of carbonyl (C=O) groups excluding carboxylic acids is 2. The lowest BCUT2D eigenvalue weighted by Gasteiger charge is -2.10. The van der Waals surface area contributed by atoms with Gasteiger partial charge in [0.25, 0.3) is 0 Å². The summed E-state index contributed by atoms with van der Waals surface area (Å²) in [6, 6.07) is 0. The fourth-order valence-corrected chi connectivity index (χ4v) is 3.32. The molecule has 0 aliphatic heterocycles. The van der Waals surface area contributed by atoms with Gasteiger partial charge in [-0.1, -0.05) is 11.8 Å². The number of hydrogen-bond donors (Lipinski definition) is 1. The van der Waals surface area contributed by atoms with Gasteiger partial charge >= 0.3 is 5.97 Å². The number of aromatic amines is 1. The minimum atomic E-state index is -0.443. The third kappa shape index (κ3) is 3.31. The molecular weight excluding hydrogens is 316 g/mol. The Morgan fingerprint density at radius 3 is 2.74 bits per heavy atom. The van der Waals surface area contributed by atoms with Crippen LogP contribution in [0.15, 0.2) is 11.5 Å². The highest BCUT2D eigenvalue weighted by atomic mass is 32.2. The maximum atomic E-state index is 12.7. The van der Waals surface area contributed by atoms with Gasteiger partial charge in [0.1, 0.15) is 6.33 Å². The van der Waals surface area contributed by atoms with Crippen LogP contribution < -0.4 is 0 Å². The molecule has 124 valence electrons. The SMILES string of the molecule is CCn1cnnc1SC(C)C(=O)c1[nH]c(C)c(C(=O)OC)c1C. The number of carbonyl (C=O) groups is 2. The molecule has 7 nitrogen and oxygen atoms in total. The van der Waals surface area contributed by atoms with Crippen LogP contribution in [0.25, 0.3) is 0 Å². The minimum absolute atomic E-state index is 0.0867. The maximum Gasteiger partial charge on any atom is 0.339 e. The summed E-state index contributed by atoms with van der Waals surface area (Å²) in [5.41, 5.74) is 2.10. The van der Waals surface area contributed by atoms with Crippen molar-refractivity contribution in [2.75, 3.05) is 7.11 Å². The van der Waals surface area contributed by atoms with Gasteiger partial charge in [0.05, 0.1) is 23.6 Å². The maximum absolute atomic E-state index is 12.7. The van der Waals surface area contributed by atoms with Gasteiger partial charge < -0.3 is 14.3 Å². The lowest BCUT2D eigenvalue weighted by atomic mass is 10.1. The van der Waals surface area contributed by atoms with E-state index in [-0.39, 0.29) is 11.0 Å². The number of esters is 1. The summed E-state index contributed by atoms with van der Waals surface area (Å²) < 4.78 is 6.65. The second-order valence-corrected chi connectivity index (χ2v) is 6.45. The summed E-state index contributed by atoms with van der Waals surface area (Å²) in [6.45, 7) is 8.04. The Labute approximate surface area is 138 Å². The fraction of sp³-hybridized carbons (Fsp3) is 0.467. The quantitative estimate of drug-likeness (QED) is 0.495. The highest BCUT2D eigenvalue weighted by Gasteiger charge is 2.26. The Balaban J connectivity index is 2.25. The van der Waals surface area contributed by atoms with Crippen molar-refractivity contribution in [3.8, 4) is 0 Å². The molecule has 1 N–H and O–H groups in total. The number of nitrogens with one attached hydrogen (secondary N) is 1. The van der Waals surface area contributed by atoms with Gasteiger partial charge in [-0.3, -0.25) is 4.79 Å². The van der Waals surface area contributed by atoms with Crippen LogP contribution in [0.1, 0.15) is 46.0 Å². The summed E-state index contributed by atoms with van der Waals surface area (Å²) in [4.78, 5) is 27.5. The molecule has 0 spiro atoms. The molecule has 2 rings (SSSR count). The molecular formula is C15H20N4O3S. The number of aryl methyl sites for hydroxylation is 2. The lowest BCUT2D eigenvalue weighted by Crippen LogP contribution is -2.16. The third-order valence-corrected chi connectivity index (χ3v) is 4.74. The summed E-state index contributed by atoms with van der Waals surface area (Å²) in [5.74, 6) is -0.530. The number of ketones is 1. The van der Waals surface area contributed by atoms with Crippen LogP contribution in [-0.2, 0) is 11.3 Å². The molecule has 1 unspecified atom stereocenters. The monoisotopic (exact) mass is 336 g/mol. The first-order chi connectivity index (χ1) is 10.9. The summed E-state index contributed by atoms with van der Waals surface area (Å²) in [5, 5.41) is 8.23.